The number of ether oxygens (including phenoxy) is 1. The minimum Gasteiger partial charge on any atom is -0.503 e. The lowest BCUT2D eigenvalue weighted by molar-refractivity contribution is -0.130. The maximum Gasteiger partial charge on any atom is 0.338 e. The highest BCUT2D eigenvalue weighted by Gasteiger charge is 2.43. The summed E-state index contributed by atoms with van der Waals surface area (Å²) in [7, 11) is 0. The van der Waals surface area contributed by atoms with Crippen LogP contribution in [0, 0.1) is 0 Å². The monoisotopic (exact) mass is 394 g/mol. The Morgan fingerprint density at radius 2 is 1.86 bits per heavy atom. The second-order valence-electron chi connectivity index (χ2n) is 6.55. The number of carbonyl (C=O) groups is 3. The first kappa shape index (κ1) is 20.3. The minimum absolute atomic E-state index is 0.0688. The molecule has 150 valence electrons. The molecule has 1 amide bonds. The van der Waals surface area contributed by atoms with Gasteiger partial charge in [-0.25, -0.2) is 4.79 Å². The van der Waals surface area contributed by atoms with Crippen molar-refractivity contribution in [3.8, 4) is 0 Å². The van der Waals surface area contributed by atoms with Crippen LogP contribution in [0.2, 0.25) is 0 Å². The van der Waals surface area contributed by atoms with Crippen LogP contribution in [0.3, 0.4) is 0 Å². The average Bonchev–Trinajstić information content (AvgIpc) is 2.99. The lowest BCUT2D eigenvalue weighted by Gasteiger charge is -2.26. The number of Topliss-reactive ketones (excluding diaryl/α,β-unsaturated/α-hetero) is 1. The summed E-state index contributed by atoms with van der Waals surface area (Å²) in [6.45, 7) is 3.85. The highest BCUT2D eigenvalue weighted by Crippen LogP contribution is 2.38. The van der Waals surface area contributed by atoms with Crippen LogP contribution in [-0.4, -0.2) is 39.3 Å². The zero-order valence-electron chi connectivity index (χ0n) is 16.3. The van der Waals surface area contributed by atoms with Crippen LogP contribution >= 0.6 is 0 Å². The van der Waals surface area contributed by atoms with Gasteiger partial charge in [0.2, 0.25) is 0 Å². The van der Waals surface area contributed by atoms with Gasteiger partial charge in [-0.15, -0.1) is 0 Å². The van der Waals surface area contributed by atoms with Crippen LogP contribution in [0.1, 0.15) is 47.9 Å². The summed E-state index contributed by atoms with van der Waals surface area (Å²) < 4.78 is 4.97. The quantitative estimate of drug-likeness (QED) is 0.725. The second kappa shape index (κ2) is 8.68. The first-order valence-corrected chi connectivity index (χ1v) is 9.42. The second-order valence-corrected chi connectivity index (χ2v) is 6.55. The van der Waals surface area contributed by atoms with Crippen LogP contribution in [-0.2, 0) is 20.9 Å². The molecule has 1 unspecified atom stereocenters. The van der Waals surface area contributed by atoms with Crippen LogP contribution in [0.25, 0.3) is 0 Å². The number of esters is 1. The molecule has 2 aromatic rings. The van der Waals surface area contributed by atoms with Gasteiger partial charge in [0.15, 0.2) is 11.5 Å². The number of aromatic nitrogens is 1. The molecule has 1 atom stereocenters. The molecular weight excluding hydrogens is 372 g/mol. The van der Waals surface area contributed by atoms with Gasteiger partial charge in [0.1, 0.15) is 6.04 Å². The summed E-state index contributed by atoms with van der Waals surface area (Å²) in [4.78, 5) is 42.7. The van der Waals surface area contributed by atoms with Crippen molar-refractivity contribution in [1.29, 1.82) is 0 Å². The predicted octanol–water partition coefficient (Wildman–Crippen LogP) is 3.13. The van der Waals surface area contributed by atoms with Crippen LogP contribution in [0.15, 0.2) is 60.0 Å². The summed E-state index contributed by atoms with van der Waals surface area (Å²) in [6.07, 6.45) is 1.74. The third-order valence-corrected chi connectivity index (χ3v) is 4.71. The number of aliphatic hydroxyl groups excluding tert-OH is 1. The Kier molecular flexibility index (Phi) is 6.07. The predicted molar refractivity (Wildman–Crippen MR) is 105 cm³/mol. The van der Waals surface area contributed by atoms with Crippen molar-refractivity contribution in [1.82, 2.24) is 9.88 Å². The van der Waals surface area contributed by atoms with Gasteiger partial charge in [-0.1, -0.05) is 25.1 Å². The molecule has 0 radical (unpaired) electrons. The Hall–Kier alpha value is -3.48. The maximum atomic E-state index is 12.7. The smallest absolute Gasteiger partial charge is 0.338 e. The number of benzene rings is 1. The average molecular weight is 394 g/mol. The maximum absolute atomic E-state index is 12.7. The summed E-state index contributed by atoms with van der Waals surface area (Å²) >= 11 is 0. The van der Waals surface area contributed by atoms with Crippen molar-refractivity contribution >= 4 is 17.7 Å². The molecule has 1 aromatic carbocycles. The highest BCUT2D eigenvalue weighted by molar-refractivity contribution is 6.08. The summed E-state index contributed by atoms with van der Waals surface area (Å²) in [5.41, 5.74) is 1.72. The number of hydrogen-bond acceptors (Lipinski definition) is 6. The van der Waals surface area contributed by atoms with Gasteiger partial charge < -0.3 is 14.7 Å². The first-order valence-electron chi connectivity index (χ1n) is 9.42. The molecular formula is C22H22N2O5. The van der Waals surface area contributed by atoms with Gasteiger partial charge in [-0.3, -0.25) is 14.6 Å². The third kappa shape index (κ3) is 4.03. The van der Waals surface area contributed by atoms with E-state index in [0.717, 1.165) is 5.56 Å². The van der Waals surface area contributed by atoms with E-state index < -0.39 is 23.7 Å². The molecule has 0 aliphatic carbocycles. The van der Waals surface area contributed by atoms with Gasteiger partial charge in [-0.2, -0.15) is 0 Å². The molecule has 2 heterocycles. The zero-order valence-corrected chi connectivity index (χ0v) is 16.3. The van der Waals surface area contributed by atoms with E-state index in [2.05, 4.69) is 4.98 Å². The van der Waals surface area contributed by atoms with E-state index in [4.69, 9.17) is 4.74 Å². The lowest BCUT2D eigenvalue weighted by Crippen LogP contribution is -2.31. The lowest BCUT2D eigenvalue weighted by atomic mass is 9.98. The Morgan fingerprint density at radius 3 is 2.45 bits per heavy atom. The number of pyridine rings is 1. The van der Waals surface area contributed by atoms with E-state index in [1.165, 1.54) is 4.90 Å². The van der Waals surface area contributed by atoms with E-state index in [1.807, 2.05) is 0 Å². The fourth-order valence-corrected chi connectivity index (χ4v) is 3.29. The number of amides is 1. The fraction of sp³-hybridized carbons (Fsp3) is 0.273. The molecule has 7 nitrogen and oxygen atoms in total. The van der Waals surface area contributed by atoms with Crippen LogP contribution in [0.4, 0.5) is 0 Å². The van der Waals surface area contributed by atoms with Crippen molar-refractivity contribution < 1.29 is 24.2 Å². The molecule has 0 spiro atoms. The molecule has 29 heavy (non-hydrogen) atoms. The molecule has 3 rings (SSSR count). The largest absolute Gasteiger partial charge is 0.503 e. The van der Waals surface area contributed by atoms with Crippen molar-refractivity contribution in [2.24, 2.45) is 0 Å². The SMILES string of the molecule is CCOC(=O)c1ccc(CN2C(=O)C(O)=C(C(=O)CC)C2c2ccccn2)cc1. The molecule has 0 fully saturated rings. The molecule has 0 bridgehead atoms. The van der Waals surface area contributed by atoms with Crippen LogP contribution in [0.5, 0.6) is 0 Å². The van der Waals surface area contributed by atoms with Gasteiger partial charge in [0.05, 0.1) is 23.4 Å². The Labute approximate surface area is 168 Å². The number of hydrogen-bond donors (Lipinski definition) is 1. The molecule has 1 aliphatic rings. The topological polar surface area (TPSA) is 96.8 Å². The molecule has 1 N–H and O–H groups in total. The van der Waals surface area contributed by atoms with Gasteiger partial charge in [0.25, 0.3) is 5.91 Å². The van der Waals surface area contributed by atoms with E-state index in [0.29, 0.717) is 11.3 Å². The number of aliphatic hydroxyl groups is 1. The number of nitrogens with zero attached hydrogens (tertiary/aromatic N) is 2. The van der Waals surface area contributed by atoms with E-state index >= 15 is 0 Å². The van der Waals surface area contributed by atoms with Gasteiger partial charge in [-0.05, 0) is 36.8 Å². The number of ketones is 1. The minimum atomic E-state index is -0.763. The Bertz CT molecular complexity index is 951. The third-order valence-electron chi connectivity index (χ3n) is 4.71. The molecule has 1 aromatic heterocycles. The summed E-state index contributed by atoms with van der Waals surface area (Å²) in [6, 6.07) is 11.1. The number of carbonyl (C=O) groups excluding carboxylic acids is 3. The van der Waals surface area contributed by atoms with Gasteiger partial charge >= 0.3 is 5.97 Å². The zero-order chi connectivity index (χ0) is 21.0. The van der Waals surface area contributed by atoms with E-state index in [1.54, 1.807) is 62.5 Å². The Balaban J connectivity index is 1.92. The van der Waals surface area contributed by atoms with Crippen molar-refractivity contribution in [2.75, 3.05) is 6.61 Å². The molecule has 1 aliphatic heterocycles. The van der Waals surface area contributed by atoms with E-state index in [9.17, 15) is 19.5 Å². The highest BCUT2D eigenvalue weighted by atomic mass is 16.5. The van der Waals surface area contributed by atoms with Crippen molar-refractivity contribution in [2.45, 2.75) is 32.9 Å². The van der Waals surface area contributed by atoms with E-state index in [-0.39, 0.29) is 30.9 Å². The fourth-order valence-electron chi connectivity index (χ4n) is 3.29. The van der Waals surface area contributed by atoms with Crippen molar-refractivity contribution in [3.05, 3.63) is 76.8 Å². The normalized spacial score (nSPS) is 16.3. The van der Waals surface area contributed by atoms with Gasteiger partial charge in [0, 0.05) is 19.2 Å². The first-order chi connectivity index (χ1) is 14.0. The number of rotatable bonds is 7. The standard InChI is InChI=1S/C22H22N2O5/c1-3-17(25)18-19(16-7-5-6-12-23-16)24(21(27)20(18)26)13-14-8-10-15(11-9-14)22(28)29-4-2/h5-12,19,26H,3-4,13H2,1-2H3. The van der Waals surface area contributed by atoms with Crippen molar-refractivity contribution in [3.63, 3.8) is 0 Å². The summed E-state index contributed by atoms with van der Waals surface area (Å²) in [5, 5.41) is 10.4. The van der Waals surface area contributed by atoms with Crippen LogP contribution < -0.4 is 0 Å². The molecule has 7 heteroatoms. The summed E-state index contributed by atoms with van der Waals surface area (Å²) in [5.74, 6) is -1.87. The Morgan fingerprint density at radius 1 is 1.14 bits per heavy atom. The molecule has 0 saturated carbocycles. The molecule has 0 saturated heterocycles.